The average molecular weight is 264 g/mol. The van der Waals surface area contributed by atoms with Crippen LogP contribution < -0.4 is 15.2 Å². The molecular weight excluding hydrogens is 245 g/mol. The van der Waals surface area contributed by atoms with Gasteiger partial charge in [0, 0.05) is 6.04 Å². The fourth-order valence-electron chi connectivity index (χ4n) is 1.70. The summed E-state index contributed by atoms with van der Waals surface area (Å²) in [6, 6.07) is 3.34. The highest BCUT2D eigenvalue weighted by Crippen LogP contribution is 2.35. The van der Waals surface area contributed by atoms with E-state index in [0.717, 1.165) is 11.1 Å². The van der Waals surface area contributed by atoms with E-state index in [1.807, 2.05) is 19.1 Å². The van der Waals surface area contributed by atoms with Crippen molar-refractivity contribution in [2.45, 2.75) is 19.4 Å². The van der Waals surface area contributed by atoms with Crippen molar-refractivity contribution >= 4 is 12.4 Å². The van der Waals surface area contributed by atoms with Crippen molar-refractivity contribution in [3.8, 4) is 11.5 Å². The summed E-state index contributed by atoms with van der Waals surface area (Å²) in [7, 11) is 3.14. The molecule has 1 aromatic carbocycles. The first-order valence-electron chi connectivity index (χ1n) is 5.18. The Labute approximate surface area is 108 Å². The van der Waals surface area contributed by atoms with Gasteiger partial charge in [0.2, 0.25) is 0 Å². The Bertz CT molecular complexity index is 335. The molecule has 98 valence electrons. The molecule has 5 heteroatoms. The van der Waals surface area contributed by atoms with Crippen LogP contribution in [0, 0.1) is 6.92 Å². The van der Waals surface area contributed by atoms with E-state index in [-0.39, 0.29) is 18.8 Å². The first-order valence-corrected chi connectivity index (χ1v) is 5.18. The van der Waals surface area contributed by atoms with Crippen LogP contribution in [0.25, 0.3) is 0 Å². The molecule has 0 saturated heterocycles. The molecule has 1 atom stereocenters. The number of halogens is 2. The van der Waals surface area contributed by atoms with Gasteiger partial charge in [0.1, 0.15) is 11.5 Å². The van der Waals surface area contributed by atoms with E-state index < -0.39 is 12.7 Å². The van der Waals surface area contributed by atoms with Gasteiger partial charge in [-0.15, -0.1) is 12.4 Å². The molecule has 0 unspecified atom stereocenters. The lowest BCUT2D eigenvalue weighted by molar-refractivity contribution is 0.368. The number of aryl methyl sites for hydroxylation is 1. The summed E-state index contributed by atoms with van der Waals surface area (Å²) in [5.41, 5.74) is 7.66. The molecule has 0 aliphatic carbocycles. The number of nitrogens with two attached hydrogens (primary N) is 1. The van der Waals surface area contributed by atoms with Crippen molar-refractivity contribution in [1.82, 2.24) is 0 Å². The third-order valence-corrected chi connectivity index (χ3v) is 2.48. The molecule has 1 rings (SSSR count). The quantitative estimate of drug-likeness (QED) is 0.888. The number of alkyl halides is 1. The number of ether oxygens (including phenoxy) is 2. The zero-order chi connectivity index (χ0) is 12.1. The highest BCUT2D eigenvalue weighted by Gasteiger charge is 2.18. The lowest BCUT2D eigenvalue weighted by atomic mass is 10.0. The van der Waals surface area contributed by atoms with Crippen LogP contribution in [0.15, 0.2) is 12.1 Å². The predicted octanol–water partition coefficient (Wildman–Crippen LogP) is 2.79. The van der Waals surface area contributed by atoms with Gasteiger partial charge in [-0.3, -0.25) is 4.39 Å². The van der Waals surface area contributed by atoms with E-state index >= 15 is 0 Å². The van der Waals surface area contributed by atoms with Gasteiger partial charge in [-0.2, -0.15) is 0 Å². The topological polar surface area (TPSA) is 44.5 Å². The molecule has 0 spiro atoms. The van der Waals surface area contributed by atoms with Crippen LogP contribution in [0.5, 0.6) is 11.5 Å². The maximum atomic E-state index is 12.3. The number of rotatable bonds is 5. The maximum absolute atomic E-state index is 12.3. The zero-order valence-corrected chi connectivity index (χ0v) is 11.1. The molecular formula is C12H19ClFNO2. The minimum atomic E-state index is -0.457. The maximum Gasteiger partial charge on any atom is 0.127 e. The van der Waals surface area contributed by atoms with Crippen LogP contribution in [0.2, 0.25) is 0 Å². The highest BCUT2D eigenvalue weighted by atomic mass is 35.5. The van der Waals surface area contributed by atoms with Gasteiger partial charge in [0.05, 0.1) is 26.5 Å². The van der Waals surface area contributed by atoms with E-state index in [1.54, 1.807) is 14.2 Å². The van der Waals surface area contributed by atoms with Crippen LogP contribution in [0.1, 0.15) is 23.6 Å². The largest absolute Gasteiger partial charge is 0.496 e. The predicted molar refractivity (Wildman–Crippen MR) is 69.1 cm³/mol. The van der Waals surface area contributed by atoms with Gasteiger partial charge >= 0.3 is 0 Å². The molecule has 0 amide bonds. The molecule has 0 fully saturated rings. The summed E-state index contributed by atoms with van der Waals surface area (Å²) in [4.78, 5) is 0. The van der Waals surface area contributed by atoms with Crippen LogP contribution in [0.4, 0.5) is 4.39 Å². The Morgan fingerprint density at radius 1 is 1.24 bits per heavy atom. The monoisotopic (exact) mass is 263 g/mol. The van der Waals surface area contributed by atoms with Gasteiger partial charge < -0.3 is 15.2 Å². The van der Waals surface area contributed by atoms with Crippen molar-refractivity contribution in [1.29, 1.82) is 0 Å². The van der Waals surface area contributed by atoms with Gasteiger partial charge in [-0.1, -0.05) is 0 Å². The van der Waals surface area contributed by atoms with E-state index in [4.69, 9.17) is 15.2 Å². The van der Waals surface area contributed by atoms with Crippen LogP contribution in [0.3, 0.4) is 0 Å². The molecule has 0 bridgehead atoms. The lowest BCUT2D eigenvalue weighted by Gasteiger charge is -2.18. The van der Waals surface area contributed by atoms with E-state index in [2.05, 4.69) is 0 Å². The van der Waals surface area contributed by atoms with Crippen molar-refractivity contribution in [3.05, 3.63) is 23.3 Å². The smallest absolute Gasteiger partial charge is 0.127 e. The molecule has 0 saturated carbocycles. The van der Waals surface area contributed by atoms with Gasteiger partial charge in [-0.25, -0.2) is 0 Å². The van der Waals surface area contributed by atoms with Gasteiger partial charge in [-0.05, 0) is 31.0 Å². The highest BCUT2D eigenvalue weighted by molar-refractivity contribution is 5.85. The molecule has 3 nitrogen and oxygen atoms in total. The third-order valence-electron chi connectivity index (χ3n) is 2.48. The first kappa shape index (κ1) is 16.0. The molecule has 0 heterocycles. The zero-order valence-electron chi connectivity index (χ0n) is 10.3. The van der Waals surface area contributed by atoms with E-state index in [9.17, 15) is 4.39 Å². The number of hydrogen-bond donors (Lipinski definition) is 1. The number of methoxy groups -OCH3 is 2. The van der Waals surface area contributed by atoms with Crippen molar-refractivity contribution in [2.75, 3.05) is 20.9 Å². The van der Waals surface area contributed by atoms with Crippen LogP contribution in [-0.2, 0) is 0 Å². The summed E-state index contributed by atoms with van der Waals surface area (Å²) in [5, 5.41) is 0. The Morgan fingerprint density at radius 2 is 1.71 bits per heavy atom. The molecule has 0 radical (unpaired) electrons. The summed E-state index contributed by atoms with van der Waals surface area (Å²) >= 11 is 0. The fourth-order valence-corrected chi connectivity index (χ4v) is 1.70. The second-order valence-corrected chi connectivity index (χ2v) is 3.67. The van der Waals surface area contributed by atoms with Gasteiger partial charge in [0.25, 0.3) is 0 Å². The van der Waals surface area contributed by atoms with Crippen LogP contribution >= 0.6 is 12.4 Å². The number of hydrogen-bond acceptors (Lipinski definition) is 3. The van der Waals surface area contributed by atoms with E-state index in [0.29, 0.717) is 11.5 Å². The Morgan fingerprint density at radius 3 is 2.06 bits per heavy atom. The summed E-state index contributed by atoms with van der Waals surface area (Å²) in [5.74, 6) is 1.30. The lowest BCUT2D eigenvalue weighted by Crippen LogP contribution is -2.14. The Balaban J connectivity index is 0.00000256. The summed E-state index contributed by atoms with van der Waals surface area (Å²) < 4.78 is 22.8. The first-order chi connectivity index (χ1) is 7.63. The summed E-state index contributed by atoms with van der Waals surface area (Å²) in [6.07, 6.45) is 0.260. The molecule has 1 aromatic rings. The second-order valence-electron chi connectivity index (χ2n) is 3.67. The van der Waals surface area contributed by atoms with Crippen molar-refractivity contribution in [2.24, 2.45) is 5.73 Å². The van der Waals surface area contributed by atoms with Crippen LogP contribution in [-0.4, -0.2) is 20.9 Å². The number of benzene rings is 1. The minimum absolute atomic E-state index is 0. The molecule has 0 aliphatic rings. The fraction of sp³-hybridized carbons (Fsp3) is 0.500. The molecule has 0 aromatic heterocycles. The minimum Gasteiger partial charge on any atom is -0.496 e. The Hall–Kier alpha value is -1.00. The average Bonchev–Trinajstić information content (AvgIpc) is 2.27. The summed E-state index contributed by atoms with van der Waals surface area (Å²) in [6.45, 7) is 1.48. The third kappa shape index (κ3) is 3.75. The molecule has 0 aliphatic heterocycles. The Kier molecular flexibility index (Phi) is 6.92. The van der Waals surface area contributed by atoms with Crippen molar-refractivity contribution in [3.63, 3.8) is 0 Å². The standard InChI is InChI=1S/C12H18FNO2.ClH/c1-8-6-10(15-2)12(9(14)4-5-13)11(7-8)16-3;/h6-7,9H,4-5,14H2,1-3H3;1H/t9-;/m0./s1. The SMILES string of the molecule is COc1cc(C)cc(OC)c1[C@@H](N)CCF.Cl. The normalized spacial score (nSPS) is 11.6. The van der Waals surface area contributed by atoms with E-state index in [1.165, 1.54) is 0 Å². The van der Waals surface area contributed by atoms with Gasteiger partial charge in [0.15, 0.2) is 0 Å². The van der Waals surface area contributed by atoms with Crippen molar-refractivity contribution < 1.29 is 13.9 Å². The molecule has 17 heavy (non-hydrogen) atoms. The molecule has 2 N–H and O–H groups in total. The second kappa shape index (κ2) is 7.35.